The SMILES string of the molecule is Cc1cc(OCc2ccccc2)cc(C)c1-c1cnn(-c2[c-]c(Oc3[c-]c4c(cc3)c3ccccc3n4-c3cc(F)ccn3)ccc2)c1.[Pt+2]. The maximum Gasteiger partial charge on any atom is 2.00 e. The van der Waals surface area contributed by atoms with Crippen LogP contribution in [0.1, 0.15) is 16.7 Å². The van der Waals surface area contributed by atoms with Crippen molar-refractivity contribution in [2.45, 2.75) is 20.5 Å². The summed E-state index contributed by atoms with van der Waals surface area (Å²) in [5.74, 6) is 1.96. The molecule has 0 aliphatic heterocycles. The van der Waals surface area contributed by atoms with Gasteiger partial charge in [0.1, 0.15) is 24.0 Å². The summed E-state index contributed by atoms with van der Waals surface area (Å²) < 4.78 is 30.3. The van der Waals surface area contributed by atoms with Crippen LogP contribution in [-0.2, 0) is 27.7 Å². The number of halogens is 1. The molecule has 0 saturated heterocycles. The summed E-state index contributed by atoms with van der Waals surface area (Å²) in [6.45, 7) is 4.70. The van der Waals surface area contributed by atoms with Crippen molar-refractivity contribution in [3.05, 3.63) is 162 Å². The van der Waals surface area contributed by atoms with Crippen LogP contribution >= 0.6 is 0 Å². The zero-order chi connectivity index (χ0) is 32.6. The summed E-state index contributed by atoms with van der Waals surface area (Å²) in [7, 11) is 0. The average molecular weight is 824 g/mol. The molecule has 0 atom stereocenters. The smallest absolute Gasteiger partial charge is 0.509 e. The molecule has 3 heterocycles. The van der Waals surface area contributed by atoms with Crippen LogP contribution in [0.25, 0.3) is 44.4 Å². The standard InChI is InChI=1S/C41H29FN4O2.Pt/c1-27-19-35(47-26-29-9-4-3-5-10-29)20-28(2)41(27)30-24-44-45(25-30)32-11-8-12-33(22-32)48-34-15-16-37-36-13-6-7-14-38(36)46(39(37)23-34)40-21-31(42)17-18-43-40;/h3-21,24-25H,26H2,1-2H3;/q-2;+2. The third-order valence-corrected chi connectivity index (χ3v) is 8.34. The summed E-state index contributed by atoms with van der Waals surface area (Å²) in [4.78, 5) is 4.44. The van der Waals surface area contributed by atoms with E-state index < -0.39 is 0 Å². The van der Waals surface area contributed by atoms with E-state index in [9.17, 15) is 4.39 Å². The second kappa shape index (κ2) is 13.5. The van der Waals surface area contributed by atoms with Gasteiger partial charge in [-0.2, -0.15) is 17.2 Å². The number of pyridine rings is 1. The van der Waals surface area contributed by atoms with Gasteiger partial charge in [0.05, 0.1) is 6.20 Å². The molecule has 0 aliphatic carbocycles. The van der Waals surface area contributed by atoms with Crippen molar-refractivity contribution in [3.63, 3.8) is 0 Å². The Kier molecular flexibility index (Phi) is 8.85. The molecule has 49 heavy (non-hydrogen) atoms. The molecule has 8 aromatic rings. The van der Waals surface area contributed by atoms with Gasteiger partial charge in [0.2, 0.25) is 0 Å². The van der Waals surface area contributed by atoms with Crippen LogP contribution < -0.4 is 9.47 Å². The van der Waals surface area contributed by atoms with Gasteiger partial charge < -0.3 is 14.0 Å². The van der Waals surface area contributed by atoms with E-state index in [4.69, 9.17) is 9.47 Å². The minimum atomic E-state index is -0.360. The predicted octanol–water partition coefficient (Wildman–Crippen LogP) is 9.76. The molecule has 8 rings (SSSR count). The van der Waals surface area contributed by atoms with Gasteiger partial charge in [0.15, 0.2) is 0 Å². The van der Waals surface area contributed by atoms with Crippen molar-refractivity contribution < 1.29 is 34.9 Å². The molecule has 0 spiro atoms. The van der Waals surface area contributed by atoms with Crippen LogP contribution in [0.15, 0.2) is 128 Å². The number of ether oxygens (including phenoxy) is 2. The number of benzene rings is 5. The van der Waals surface area contributed by atoms with E-state index in [0.717, 1.165) is 61.1 Å². The molecule has 242 valence electrons. The molecular weight excluding hydrogens is 795 g/mol. The fraction of sp³-hybridized carbons (Fsp3) is 0.0732. The van der Waals surface area contributed by atoms with Crippen LogP contribution in [0, 0.1) is 31.8 Å². The van der Waals surface area contributed by atoms with Gasteiger partial charge in [-0.25, -0.2) is 9.37 Å². The van der Waals surface area contributed by atoms with Gasteiger partial charge in [-0.3, -0.25) is 4.68 Å². The fourth-order valence-electron chi connectivity index (χ4n) is 6.22. The van der Waals surface area contributed by atoms with Crippen LogP contribution in [0.5, 0.6) is 17.2 Å². The Hall–Kier alpha value is -5.52. The zero-order valence-electron chi connectivity index (χ0n) is 26.6. The Morgan fingerprint density at radius 2 is 1.55 bits per heavy atom. The molecule has 6 nitrogen and oxygen atoms in total. The van der Waals surface area contributed by atoms with Crippen molar-refractivity contribution in [2.24, 2.45) is 0 Å². The van der Waals surface area contributed by atoms with E-state index in [1.165, 1.54) is 18.3 Å². The third-order valence-electron chi connectivity index (χ3n) is 8.34. The maximum atomic E-state index is 14.2. The third kappa shape index (κ3) is 6.38. The minimum Gasteiger partial charge on any atom is -0.509 e. The number of fused-ring (bicyclic) bond motifs is 3. The van der Waals surface area contributed by atoms with Gasteiger partial charge in [-0.15, -0.1) is 35.7 Å². The summed E-state index contributed by atoms with van der Waals surface area (Å²) in [6, 6.07) is 41.3. The van der Waals surface area contributed by atoms with E-state index in [-0.39, 0.29) is 26.9 Å². The number of rotatable bonds is 8. The molecule has 0 N–H and O–H groups in total. The fourth-order valence-corrected chi connectivity index (χ4v) is 6.22. The van der Waals surface area contributed by atoms with E-state index >= 15 is 0 Å². The summed E-state index contributed by atoms with van der Waals surface area (Å²) in [5, 5.41) is 6.64. The summed E-state index contributed by atoms with van der Waals surface area (Å²) in [5.41, 5.74) is 7.83. The Balaban J connectivity index is 0.00000378. The number of aromatic nitrogens is 4. The summed E-state index contributed by atoms with van der Waals surface area (Å²) in [6.07, 6.45) is 5.33. The number of hydrogen-bond donors (Lipinski definition) is 0. The number of para-hydroxylation sites is 1. The molecule has 0 amide bonds. The normalized spacial score (nSPS) is 11.1. The van der Waals surface area contributed by atoms with Gasteiger partial charge in [0.25, 0.3) is 0 Å². The van der Waals surface area contributed by atoms with Crippen molar-refractivity contribution >= 4 is 21.8 Å². The Bertz CT molecular complexity index is 2410. The maximum absolute atomic E-state index is 14.2. The molecule has 0 bridgehead atoms. The van der Waals surface area contributed by atoms with Crippen LogP contribution in [0.3, 0.4) is 0 Å². The van der Waals surface area contributed by atoms with E-state index in [0.29, 0.717) is 23.9 Å². The van der Waals surface area contributed by atoms with Crippen LogP contribution in [0.4, 0.5) is 4.39 Å². The molecule has 0 radical (unpaired) electrons. The summed E-state index contributed by atoms with van der Waals surface area (Å²) >= 11 is 0. The largest absolute Gasteiger partial charge is 2.00 e. The molecule has 0 unspecified atom stereocenters. The van der Waals surface area contributed by atoms with Crippen molar-refractivity contribution in [2.75, 3.05) is 0 Å². The first-order valence-corrected chi connectivity index (χ1v) is 15.6. The predicted molar refractivity (Wildman–Crippen MR) is 186 cm³/mol. The van der Waals surface area contributed by atoms with Gasteiger partial charge in [-0.05, 0) is 71.4 Å². The number of nitrogens with zero attached hydrogens (tertiary/aromatic N) is 4. The van der Waals surface area contributed by atoms with Gasteiger partial charge in [0, 0.05) is 41.0 Å². The molecule has 8 heteroatoms. The van der Waals surface area contributed by atoms with Gasteiger partial charge >= 0.3 is 21.1 Å². The zero-order valence-corrected chi connectivity index (χ0v) is 28.9. The van der Waals surface area contributed by atoms with Crippen LogP contribution in [0.2, 0.25) is 0 Å². The molecule has 5 aromatic carbocycles. The van der Waals surface area contributed by atoms with E-state index in [2.05, 4.69) is 60.3 Å². The quantitative estimate of drug-likeness (QED) is 0.143. The van der Waals surface area contributed by atoms with Crippen LogP contribution in [-0.4, -0.2) is 19.3 Å². The molecule has 0 fully saturated rings. The topological polar surface area (TPSA) is 54.1 Å². The molecule has 0 saturated carbocycles. The van der Waals surface area contributed by atoms with Crippen molar-refractivity contribution in [3.8, 4) is 39.9 Å². The Morgan fingerprint density at radius 1 is 0.776 bits per heavy atom. The van der Waals surface area contributed by atoms with Gasteiger partial charge in [-0.1, -0.05) is 54.0 Å². The number of hydrogen-bond acceptors (Lipinski definition) is 4. The first-order chi connectivity index (χ1) is 23.5. The first-order valence-electron chi connectivity index (χ1n) is 15.6. The van der Waals surface area contributed by atoms with E-state index in [1.807, 2.05) is 89.8 Å². The van der Waals surface area contributed by atoms with Crippen molar-refractivity contribution in [1.29, 1.82) is 0 Å². The Morgan fingerprint density at radius 3 is 2.37 bits per heavy atom. The first kappa shape index (κ1) is 32.0. The van der Waals surface area contributed by atoms with Crippen molar-refractivity contribution in [1.82, 2.24) is 19.3 Å². The molecule has 3 aromatic heterocycles. The molecular formula is C41H29FN4O2Pt. The molecule has 0 aliphatic rings. The van der Waals surface area contributed by atoms with E-state index in [1.54, 1.807) is 4.68 Å². The monoisotopic (exact) mass is 823 g/mol. The second-order valence-corrected chi connectivity index (χ2v) is 11.7. The minimum absolute atomic E-state index is 0. The number of aryl methyl sites for hydroxylation is 2. The average Bonchev–Trinajstić information content (AvgIpc) is 3.71. The Labute approximate surface area is 297 Å². The second-order valence-electron chi connectivity index (χ2n) is 11.7.